The van der Waals surface area contributed by atoms with Gasteiger partial charge in [-0.05, 0) is 31.1 Å². The zero-order valence-electron chi connectivity index (χ0n) is 11.4. The second-order valence-electron chi connectivity index (χ2n) is 4.83. The van der Waals surface area contributed by atoms with E-state index in [0.717, 1.165) is 55.7 Å². The molecule has 0 atom stereocenters. The van der Waals surface area contributed by atoms with Crippen molar-refractivity contribution in [3.63, 3.8) is 0 Å². The minimum atomic E-state index is 0.769. The molecule has 4 nitrogen and oxygen atoms in total. The van der Waals surface area contributed by atoms with Crippen molar-refractivity contribution in [2.24, 2.45) is 0 Å². The van der Waals surface area contributed by atoms with E-state index in [-0.39, 0.29) is 0 Å². The second kappa shape index (κ2) is 5.13. The van der Waals surface area contributed by atoms with E-state index in [2.05, 4.69) is 17.0 Å². The molecule has 1 aromatic carbocycles. The highest BCUT2D eigenvalue weighted by Gasteiger charge is 2.22. The predicted octanol–water partition coefficient (Wildman–Crippen LogP) is 2.11. The molecule has 2 aliphatic rings. The minimum Gasteiger partial charge on any atom is -0.496 e. The fourth-order valence-electron chi connectivity index (χ4n) is 2.57. The van der Waals surface area contributed by atoms with Crippen LogP contribution in [0.3, 0.4) is 0 Å². The van der Waals surface area contributed by atoms with Crippen molar-refractivity contribution < 1.29 is 14.2 Å². The summed E-state index contributed by atoms with van der Waals surface area (Å²) in [5, 5.41) is 0. The summed E-state index contributed by atoms with van der Waals surface area (Å²) in [6.45, 7) is 5.36. The SMILES string of the molecule is COc1ccc2c(c1C)OC(N1CCOCC1)=CC2. The zero-order chi connectivity index (χ0) is 13.2. The predicted molar refractivity (Wildman–Crippen MR) is 72.5 cm³/mol. The Balaban J connectivity index is 1.85. The number of hydrogen-bond donors (Lipinski definition) is 0. The maximum absolute atomic E-state index is 6.10. The van der Waals surface area contributed by atoms with E-state index in [4.69, 9.17) is 14.2 Å². The molecule has 0 spiro atoms. The zero-order valence-corrected chi connectivity index (χ0v) is 11.4. The van der Waals surface area contributed by atoms with Crippen molar-refractivity contribution >= 4 is 0 Å². The number of methoxy groups -OCH3 is 1. The molecule has 1 fully saturated rings. The number of ether oxygens (including phenoxy) is 3. The van der Waals surface area contributed by atoms with Crippen molar-refractivity contribution in [3.05, 3.63) is 35.2 Å². The Morgan fingerprint density at radius 3 is 2.74 bits per heavy atom. The first-order chi connectivity index (χ1) is 9.29. The fraction of sp³-hybridized carbons (Fsp3) is 0.467. The summed E-state index contributed by atoms with van der Waals surface area (Å²) in [6.07, 6.45) is 3.06. The van der Waals surface area contributed by atoms with E-state index in [1.807, 2.05) is 13.0 Å². The van der Waals surface area contributed by atoms with Gasteiger partial charge >= 0.3 is 0 Å². The lowest BCUT2D eigenvalue weighted by Crippen LogP contribution is -2.38. The molecule has 0 unspecified atom stereocenters. The van der Waals surface area contributed by atoms with Gasteiger partial charge in [-0.1, -0.05) is 6.07 Å². The van der Waals surface area contributed by atoms with Gasteiger partial charge in [-0.25, -0.2) is 0 Å². The van der Waals surface area contributed by atoms with Gasteiger partial charge in [-0.15, -0.1) is 0 Å². The highest BCUT2D eigenvalue weighted by Crippen LogP contribution is 2.36. The van der Waals surface area contributed by atoms with Crippen LogP contribution in [0.4, 0.5) is 0 Å². The summed E-state index contributed by atoms with van der Waals surface area (Å²) in [4.78, 5) is 2.24. The van der Waals surface area contributed by atoms with Gasteiger partial charge in [0.1, 0.15) is 11.5 Å². The number of allylic oxidation sites excluding steroid dienone is 1. The number of benzene rings is 1. The van der Waals surface area contributed by atoms with E-state index < -0.39 is 0 Å². The Hall–Kier alpha value is -1.68. The van der Waals surface area contributed by atoms with Crippen LogP contribution in [0.15, 0.2) is 24.1 Å². The van der Waals surface area contributed by atoms with Crippen LogP contribution in [0, 0.1) is 6.92 Å². The second-order valence-corrected chi connectivity index (χ2v) is 4.83. The van der Waals surface area contributed by atoms with Gasteiger partial charge < -0.3 is 19.1 Å². The van der Waals surface area contributed by atoms with Gasteiger partial charge in [0.2, 0.25) is 0 Å². The molecule has 2 heterocycles. The summed E-state index contributed by atoms with van der Waals surface area (Å²) >= 11 is 0. The molecular formula is C15H19NO3. The summed E-state index contributed by atoms with van der Waals surface area (Å²) in [5.74, 6) is 2.78. The number of hydrogen-bond acceptors (Lipinski definition) is 4. The molecule has 0 saturated carbocycles. The Morgan fingerprint density at radius 1 is 1.21 bits per heavy atom. The maximum atomic E-state index is 6.10. The topological polar surface area (TPSA) is 30.9 Å². The summed E-state index contributed by atoms with van der Waals surface area (Å²) in [6, 6.07) is 4.08. The highest BCUT2D eigenvalue weighted by molar-refractivity contribution is 5.51. The Kier molecular flexibility index (Phi) is 3.34. The smallest absolute Gasteiger partial charge is 0.192 e. The van der Waals surface area contributed by atoms with Crippen molar-refractivity contribution in [2.75, 3.05) is 33.4 Å². The molecule has 102 valence electrons. The third-order valence-electron chi connectivity index (χ3n) is 3.68. The average molecular weight is 261 g/mol. The third-order valence-corrected chi connectivity index (χ3v) is 3.68. The Bertz CT molecular complexity index is 504. The summed E-state index contributed by atoms with van der Waals surface area (Å²) in [5.41, 5.74) is 2.29. The standard InChI is InChI=1S/C15H19NO3/c1-11-13(17-2)5-3-12-4-6-14(19-15(11)12)16-7-9-18-10-8-16/h3,5-6H,4,7-10H2,1-2H3. The molecule has 1 saturated heterocycles. The first-order valence-electron chi connectivity index (χ1n) is 6.67. The van der Waals surface area contributed by atoms with Crippen LogP contribution in [0.25, 0.3) is 0 Å². The van der Waals surface area contributed by atoms with Crippen molar-refractivity contribution in [2.45, 2.75) is 13.3 Å². The molecule has 2 aliphatic heterocycles. The van der Waals surface area contributed by atoms with E-state index in [0.29, 0.717) is 0 Å². The largest absolute Gasteiger partial charge is 0.496 e. The first-order valence-corrected chi connectivity index (χ1v) is 6.67. The first kappa shape index (κ1) is 12.4. The van der Waals surface area contributed by atoms with Crippen LogP contribution in [-0.2, 0) is 11.2 Å². The Labute approximate surface area is 113 Å². The summed E-state index contributed by atoms with van der Waals surface area (Å²) < 4.78 is 16.8. The quantitative estimate of drug-likeness (QED) is 0.816. The molecule has 0 amide bonds. The molecule has 0 bridgehead atoms. The van der Waals surface area contributed by atoms with Gasteiger partial charge in [0.15, 0.2) is 5.88 Å². The van der Waals surface area contributed by atoms with Crippen molar-refractivity contribution in [1.29, 1.82) is 0 Å². The molecule has 3 rings (SSSR count). The number of fused-ring (bicyclic) bond motifs is 1. The molecule has 0 aromatic heterocycles. The normalized spacial score (nSPS) is 18.4. The minimum absolute atomic E-state index is 0.769. The summed E-state index contributed by atoms with van der Waals surface area (Å²) in [7, 11) is 1.69. The van der Waals surface area contributed by atoms with Gasteiger partial charge in [0.25, 0.3) is 0 Å². The third kappa shape index (κ3) is 2.28. The lowest BCUT2D eigenvalue weighted by atomic mass is 10.0. The van der Waals surface area contributed by atoms with Gasteiger partial charge in [0, 0.05) is 18.7 Å². The molecule has 19 heavy (non-hydrogen) atoms. The highest BCUT2D eigenvalue weighted by atomic mass is 16.5. The van der Waals surface area contributed by atoms with Crippen molar-refractivity contribution in [3.8, 4) is 11.5 Å². The molecular weight excluding hydrogens is 242 g/mol. The molecule has 0 radical (unpaired) electrons. The van der Waals surface area contributed by atoms with Crippen LogP contribution in [0.2, 0.25) is 0 Å². The molecule has 0 N–H and O–H groups in total. The monoisotopic (exact) mass is 261 g/mol. The number of nitrogens with zero attached hydrogens (tertiary/aromatic N) is 1. The molecule has 4 heteroatoms. The van der Waals surface area contributed by atoms with Crippen LogP contribution in [0.5, 0.6) is 11.5 Å². The lowest BCUT2D eigenvalue weighted by molar-refractivity contribution is 0.0338. The van der Waals surface area contributed by atoms with E-state index in [1.54, 1.807) is 7.11 Å². The van der Waals surface area contributed by atoms with Crippen LogP contribution in [0.1, 0.15) is 11.1 Å². The van der Waals surface area contributed by atoms with E-state index in [1.165, 1.54) is 5.56 Å². The Morgan fingerprint density at radius 2 is 2.00 bits per heavy atom. The van der Waals surface area contributed by atoms with Crippen LogP contribution in [-0.4, -0.2) is 38.3 Å². The van der Waals surface area contributed by atoms with E-state index >= 15 is 0 Å². The molecule has 0 aliphatic carbocycles. The van der Waals surface area contributed by atoms with E-state index in [9.17, 15) is 0 Å². The van der Waals surface area contributed by atoms with Gasteiger partial charge in [-0.2, -0.15) is 0 Å². The fourth-order valence-corrected chi connectivity index (χ4v) is 2.57. The van der Waals surface area contributed by atoms with Crippen LogP contribution < -0.4 is 9.47 Å². The molecule has 1 aromatic rings. The van der Waals surface area contributed by atoms with Crippen LogP contribution >= 0.6 is 0 Å². The number of rotatable bonds is 2. The average Bonchev–Trinajstić information content (AvgIpc) is 2.48. The number of morpholine rings is 1. The lowest BCUT2D eigenvalue weighted by Gasteiger charge is -2.33. The van der Waals surface area contributed by atoms with Gasteiger partial charge in [0.05, 0.1) is 20.3 Å². The maximum Gasteiger partial charge on any atom is 0.192 e. The van der Waals surface area contributed by atoms with Crippen molar-refractivity contribution in [1.82, 2.24) is 4.90 Å². The van der Waals surface area contributed by atoms with Gasteiger partial charge in [-0.3, -0.25) is 0 Å².